The average molecular weight is 659 g/mol. The van der Waals surface area contributed by atoms with E-state index in [1.165, 1.54) is 89.9 Å². The molecule has 3 rings (SSSR count). The third-order valence-corrected chi connectivity index (χ3v) is 7.78. The molecule has 0 aliphatic carbocycles. The molecule has 0 radical (unpaired) electrons. The lowest BCUT2D eigenvalue weighted by Gasteiger charge is -2.17. The number of ether oxygens (including phenoxy) is 2. The van der Waals surface area contributed by atoms with Gasteiger partial charge >= 0.3 is 11.5 Å². The van der Waals surface area contributed by atoms with E-state index in [1.54, 1.807) is 0 Å². The van der Waals surface area contributed by atoms with Crippen LogP contribution in [0.2, 0.25) is 0 Å². The lowest BCUT2D eigenvalue weighted by atomic mass is 10.0. The second-order valence-electron chi connectivity index (χ2n) is 11.9. The molecular weight excluding hydrogens is 604 g/mol. The highest BCUT2D eigenvalue weighted by molar-refractivity contribution is 5.70. The predicted octanol–water partition coefficient (Wildman–Crippen LogP) is 7.49. The maximum Gasteiger partial charge on any atom is 0.360 e. The maximum absolute atomic E-state index is 8.49. The van der Waals surface area contributed by atoms with Crippen LogP contribution in [0.5, 0.6) is 11.5 Å². The van der Waals surface area contributed by atoms with Crippen molar-refractivity contribution in [2.24, 2.45) is 0 Å². The largest absolute Gasteiger partial charge is 0.494 e. The van der Waals surface area contributed by atoms with Gasteiger partial charge in [-0.3, -0.25) is 0 Å². The van der Waals surface area contributed by atoms with E-state index in [1.807, 2.05) is 6.92 Å². The van der Waals surface area contributed by atoms with Crippen LogP contribution in [0.25, 0.3) is 22.5 Å². The van der Waals surface area contributed by atoms with E-state index in [4.69, 9.17) is 32.5 Å². The molecule has 0 unspecified atom stereocenters. The molecule has 1 heterocycles. The Hall–Kier alpha value is -2.68. The van der Waals surface area contributed by atoms with Crippen LogP contribution in [0.1, 0.15) is 122 Å². The fourth-order valence-corrected chi connectivity index (χ4v) is 5.25. The molecular formula is C38H55ClO7. The van der Waals surface area contributed by atoms with E-state index in [0.29, 0.717) is 0 Å². The average Bonchev–Trinajstić information content (AvgIpc) is 3.03. The second kappa shape index (κ2) is 23.6. The molecule has 3 aromatic rings. The van der Waals surface area contributed by atoms with E-state index in [0.717, 1.165) is 65.8 Å². The Bertz CT molecular complexity index is 1090. The number of unbranched alkanes of at least 4 members (excludes halogenated alkanes) is 14. The first-order valence-corrected chi connectivity index (χ1v) is 18.5. The molecule has 256 valence electrons. The van der Waals surface area contributed by atoms with Crippen LogP contribution in [0.15, 0.2) is 65.1 Å². The molecule has 0 spiro atoms. The van der Waals surface area contributed by atoms with Crippen molar-refractivity contribution in [3.63, 3.8) is 0 Å². The van der Waals surface area contributed by atoms with Crippen LogP contribution in [-0.2, 0) is 0 Å². The summed E-state index contributed by atoms with van der Waals surface area (Å²) >= 11 is 0. The van der Waals surface area contributed by atoms with Gasteiger partial charge in [0.1, 0.15) is 11.5 Å². The van der Waals surface area contributed by atoms with Gasteiger partial charge in [-0.25, -0.2) is 23.1 Å². The highest BCUT2D eigenvalue weighted by atomic mass is 35.7. The number of rotatable bonds is 22. The standard InChI is InChI=1S/C38H55O3.ClHO4/c1-4-6-8-10-12-14-16-18-28-39-36-24-20-33(21-25-36)35-30-32(3)41-38(31-35)34-22-26-37(27-23-34)40-29-19-17-15-13-11-9-7-5-2;2-1(3,4)5/h20-27,30-31H,4-19,28-29H2,1-3H3;(H,2,3,4,5)/q+1;/p-1. The molecule has 46 heavy (non-hydrogen) atoms. The molecule has 0 atom stereocenters. The summed E-state index contributed by atoms with van der Waals surface area (Å²) in [6.07, 6.45) is 21.0. The van der Waals surface area contributed by atoms with Crippen molar-refractivity contribution in [1.29, 1.82) is 0 Å². The second-order valence-corrected chi connectivity index (χ2v) is 12.7. The molecule has 0 amide bonds. The van der Waals surface area contributed by atoms with Crippen LogP contribution >= 0.6 is 0 Å². The van der Waals surface area contributed by atoms with E-state index in [-0.39, 0.29) is 0 Å². The fourth-order valence-electron chi connectivity index (χ4n) is 5.25. The van der Waals surface area contributed by atoms with Crippen molar-refractivity contribution >= 4 is 0 Å². The Morgan fingerprint density at radius 1 is 0.500 bits per heavy atom. The monoisotopic (exact) mass is 658 g/mol. The zero-order valence-electron chi connectivity index (χ0n) is 28.2. The SMILES string of the molecule is CCCCCCCCCCOc1ccc(-c2cc(C)[o+]c(-c3ccc(OCCCCCCCCCC)cc3)c2)cc1.[O-][Cl+3]([O-])([O-])[O-]. The van der Waals surface area contributed by atoms with E-state index < -0.39 is 10.2 Å². The van der Waals surface area contributed by atoms with Crippen molar-refractivity contribution in [3.8, 4) is 33.9 Å². The van der Waals surface area contributed by atoms with Crippen LogP contribution in [0.4, 0.5) is 0 Å². The normalized spacial score (nSPS) is 11.2. The summed E-state index contributed by atoms with van der Waals surface area (Å²) in [7, 11) is -4.94. The van der Waals surface area contributed by atoms with E-state index in [9.17, 15) is 0 Å². The third kappa shape index (κ3) is 19.1. The highest BCUT2D eigenvalue weighted by Gasteiger charge is 2.16. The number of benzene rings is 2. The molecule has 8 heteroatoms. The fraction of sp³-hybridized carbons (Fsp3) is 0.553. The van der Waals surface area contributed by atoms with Gasteiger partial charge < -0.3 is 9.47 Å². The Morgan fingerprint density at radius 2 is 0.870 bits per heavy atom. The van der Waals surface area contributed by atoms with E-state index in [2.05, 4.69) is 74.5 Å². The van der Waals surface area contributed by atoms with Gasteiger partial charge in [-0.2, -0.15) is 0 Å². The number of aryl methyl sites for hydroxylation is 1. The first-order chi connectivity index (χ1) is 22.2. The Balaban J connectivity index is 0.00000136. The van der Waals surface area contributed by atoms with Crippen molar-refractivity contribution in [3.05, 3.63) is 66.4 Å². The number of hydrogen-bond acceptors (Lipinski definition) is 6. The lowest BCUT2D eigenvalue weighted by Crippen LogP contribution is -2.68. The predicted molar refractivity (Wildman–Crippen MR) is 175 cm³/mol. The van der Waals surface area contributed by atoms with Crippen molar-refractivity contribution in [2.75, 3.05) is 13.2 Å². The van der Waals surface area contributed by atoms with Crippen molar-refractivity contribution < 1.29 is 42.8 Å². The minimum atomic E-state index is -4.94. The lowest BCUT2D eigenvalue weighted by molar-refractivity contribution is -2.00. The quantitative estimate of drug-likeness (QED) is 0.0810. The van der Waals surface area contributed by atoms with Gasteiger partial charge in [0.2, 0.25) is 0 Å². The molecule has 0 saturated carbocycles. The number of hydrogen-bond donors (Lipinski definition) is 0. The molecule has 2 aromatic carbocycles. The molecule has 1 aromatic heterocycles. The van der Waals surface area contributed by atoms with Gasteiger partial charge in [0.05, 0.1) is 31.8 Å². The van der Waals surface area contributed by atoms with E-state index >= 15 is 0 Å². The molecule has 0 aliphatic rings. The zero-order chi connectivity index (χ0) is 33.5. The van der Waals surface area contributed by atoms with Gasteiger partial charge in [0, 0.05) is 11.6 Å². The van der Waals surface area contributed by atoms with Gasteiger partial charge in [-0.1, -0.05) is 116 Å². The molecule has 0 N–H and O–H groups in total. The van der Waals surface area contributed by atoms with Crippen molar-refractivity contribution in [2.45, 2.75) is 124 Å². The number of halogens is 1. The van der Waals surface area contributed by atoms with Gasteiger partial charge in [-0.05, 0) is 54.8 Å². The Morgan fingerprint density at radius 3 is 1.28 bits per heavy atom. The third-order valence-electron chi connectivity index (χ3n) is 7.78. The minimum absolute atomic E-state index is 0.784. The topological polar surface area (TPSA) is 122 Å². The first-order valence-electron chi connectivity index (χ1n) is 17.2. The molecule has 0 fully saturated rings. The maximum atomic E-state index is 8.49. The summed E-state index contributed by atoms with van der Waals surface area (Å²) in [6.45, 7) is 8.12. The summed E-state index contributed by atoms with van der Waals surface area (Å²) in [4.78, 5) is 0. The zero-order valence-corrected chi connectivity index (χ0v) is 29.0. The molecule has 0 saturated heterocycles. The van der Waals surface area contributed by atoms with Crippen LogP contribution in [0.3, 0.4) is 0 Å². The Labute approximate surface area is 279 Å². The van der Waals surface area contributed by atoms with Crippen LogP contribution in [0, 0.1) is 17.2 Å². The summed E-state index contributed by atoms with van der Waals surface area (Å²) in [6, 6.07) is 21.0. The molecule has 0 bridgehead atoms. The van der Waals surface area contributed by atoms with Crippen LogP contribution in [-0.4, -0.2) is 13.2 Å². The summed E-state index contributed by atoms with van der Waals surface area (Å²) < 4.78 is 52.1. The minimum Gasteiger partial charge on any atom is -0.494 e. The highest BCUT2D eigenvalue weighted by Crippen LogP contribution is 2.30. The van der Waals surface area contributed by atoms with Gasteiger partial charge in [-0.15, -0.1) is 10.2 Å². The first kappa shape index (κ1) is 39.5. The summed E-state index contributed by atoms with van der Waals surface area (Å²) in [5.74, 6) is 3.62. The van der Waals surface area contributed by atoms with Crippen molar-refractivity contribution in [1.82, 2.24) is 0 Å². The molecule has 7 nitrogen and oxygen atoms in total. The Kier molecular flexibility index (Phi) is 20.3. The summed E-state index contributed by atoms with van der Waals surface area (Å²) in [5, 5.41) is 0. The van der Waals surface area contributed by atoms with Crippen LogP contribution < -0.4 is 28.1 Å². The smallest absolute Gasteiger partial charge is 0.360 e. The van der Waals surface area contributed by atoms with Gasteiger partial charge in [0.25, 0.3) is 0 Å². The summed E-state index contributed by atoms with van der Waals surface area (Å²) in [5.41, 5.74) is 3.36. The molecule has 0 aliphatic heterocycles. The van der Waals surface area contributed by atoms with Gasteiger partial charge in [0.15, 0.2) is 0 Å².